The van der Waals surface area contributed by atoms with E-state index < -0.39 is 7.25 Å². The van der Waals surface area contributed by atoms with E-state index in [2.05, 4.69) is 5.32 Å². The van der Waals surface area contributed by atoms with Crippen molar-refractivity contribution >= 4 is 7.25 Å². The third-order valence-corrected chi connectivity index (χ3v) is 0.957. The third kappa shape index (κ3) is 26.0. The Hall–Kier alpha value is -0.295. The third-order valence-electron chi connectivity index (χ3n) is 0.957. The number of hydrogen-bond acceptors (Lipinski definition) is 1. The molecule has 0 atom stereocenters. The maximum atomic E-state index is 9.75. The van der Waals surface area contributed by atoms with Gasteiger partial charge in [-0.2, -0.15) is 0 Å². The van der Waals surface area contributed by atoms with Crippen LogP contribution < -0.4 is 11.5 Å². The van der Waals surface area contributed by atoms with Crippen LogP contribution in [0.3, 0.4) is 0 Å². The highest BCUT2D eigenvalue weighted by molar-refractivity contribution is 6.50. The molecule has 0 spiro atoms. The minimum atomic E-state index is -6.00. The number of halogens is 4. The molecule has 5 N–H and O–H groups in total. The van der Waals surface area contributed by atoms with Gasteiger partial charge in [-0.15, -0.1) is 0 Å². The molecular weight excluding hydrogens is 163 g/mol. The van der Waals surface area contributed by atoms with E-state index in [4.69, 9.17) is 0 Å². The first-order valence-electron chi connectivity index (χ1n) is 3.08. The minimum absolute atomic E-state index is 0. The fraction of sp³-hybridized carbons (Fsp3) is 1.00. The second-order valence-electron chi connectivity index (χ2n) is 1.95. The van der Waals surface area contributed by atoms with Gasteiger partial charge in [-0.25, -0.2) is 0 Å². The predicted octanol–water partition coefficient (Wildman–Crippen LogP) is 2.05. The van der Waals surface area contributed by atoms with E-state index >= 15 is 0 Å². The number of nitrogens with one attached hydrogen (secondary N) is 1. The Morgan fingerprint density at radius 2 is 1.18 bits per heavy atom. The summed E-state index contributed by atoms with van der Waals surface area (Å²) in [4.78, 5) is 0. The smallest absolute Gasteiger partial charge is 0.418 e. The largest absolute Gasteiger partial charge is 0.673 e. The normalized spacial score (nSPS) is 16.4. The molecular formula is C4H13BF4N2. The molecule has 0 aromatic heterocycles. The average molecular weight is 176 g/mol. The molecule has 0 bridgehead atoms. The maximum Gasteiger partial charge on any atom is 0.673 e. The van der Waals surface area contributed by atoms with Crippen LogP contribution in [-0.4, -0.2) is 20.3 Å². The summed E-state index contributed by atoms with van der Waals surface area (Å²) in [6, 6.07) is 0. The van der Waals surface area contributed by atoms with E-state index in [1.807, 2.05) is 0 Å². The van der Waals surface area contributed by atoms with Crippen molar-refractivity contribution in [2.24, 2.45) is 0 Å². The molecule has 70 valence electrons. The zero-order chi connectivity index (χ0) is 8.04. The van der Waals surface area contributed by atoms with Crippen molar-refractivity contribution < 1.29 is 17.3 Å². The maximum absolute atomic E-state index is 9.75. The Bertz CT molecular complexity index is 69.0. The van der Waals surface area contributed by atoms with Crippen LogP contribution in [0.15, 0.2) is 0 Å². The Morgan fingerprint density at radius 1 is 0.909 bits per heavy atom. The SMILES string of the molecule is C1CCNC1.F[B-](F)(F)F.[NH4+]. The summed E-state index contributed by atoms with van der Waals surface area (Å²) >= 11 is 0. The van der Waals surface area contributed by atoms with Gasteiger partial charge in [-0.1, -0.05) is 0 Å². The quantitative estimate of drug-likeness (QED) is 0.430. The van der Waals surface area contributed by atoms with Crippen molar-refractivity contribution in [1.82, 2.24) is 11.5 Å². The van der Waals surface area contributed by atoms with Gasteiger partial charge in [0.25, 0.3) is 0 Å². The summed E-state index contributed by atoms with van der Waals surface area (Å²) in [6.45, 7) is 2.50. The molecule has 11 heavy (non-hydrogen) atoms. The van der Waals surface area contributed by atoms with Crippen LogP contribution >= 0.6 is 0 Å². The molecule has 0 radical (unpaired) electrons. The first-order valence-corrected chi connectivity index (χ1v) is 3.08. The summed E-state index contributed by atoms with van der Waals surface area (Å²) in [7, 11) is -6.00. The molecule has 1 heterocycles. The predicted molar refractivity (Wildman–Crippen MR) is 38.3 cm³/mol. The highest BCUT2D eigenvalue weighted by Gasteiger charge is 2.20. The lowest BCUT2D eigenvalue weighted by atomic mass is 10.3. The Kier molecular flexibility index (Phi) is 7.76. The van der Waals surface area contributed by atoms with Gasteiger partial charge in [0.1, 0.15) is 0 Å². The highest BCUT2D eigenvalue weighted by Crippen LogP contribution is 2.06. The lowest BCUT2D eigenvalue weighted by Gasteiger charge is -1.94. The van der Waals surface area contributed by atoms with Crippen LogP contribution in [0.25, 0.3) is 0 Å². The Labute approximate surface area is 63.0 Å². The molecule has 7 heteroatoms. The van der Waals surface area contributed by atoms with Gasteiger partial charge in [0.2, 0.25) is 0 Å². The van der Waals surface area contributed by atoms with Gasteiger partial charge >= 0.3 is 7.25 Å². The summed E-state index contributed by atoms with van der Waals surface area (Å²) in [6.07, 6.45) is 2.78. The second-order valence-corrected chi connectivity index (χ2v) is 1.95. The summed E-state index contributed by atoms with van der Waals surface area (Å²) in [5, 5.41) is 3.22. The molecule has 2 nitrogen and oxygen atoms in total. The van der Waals surface area contributed by atoms with Crippen LogP contribution in [0.2, 0.25) is 0 Å². The molecule has 1 aliphatic rings. The lowest BCUT2D eigenvalue weighted by Crippen LogP contribution is -2.03. The molecule has 1 rings (SSSR count). The van der Waals surface area contributed by atoms with Crippen molar-refractivity contribution in [2.75, 3.05) is 13.1 Å². The van der Waals surface area contributed by atoms with E-state index in [1.165, 1.54) is 25.9 Å². The molecule has 0 aliphatic carbocycles. The molecule has 1 aliphatic heterocycles. The second kappa shape index (κ2) is 6.42. The number of hydrogen-bond donors (Lipinski definition) is 2. The van der Waals surface area contributed by atoms with E-state index in [0.717, 1.165) is 0 Å². The van der Waals surface area contributed by atoms with E-state index in [9.17, 15) is 17.3 Å². The molecule has 1 saturated heterocycles. The van der Waals surface area contributed by atoms with Gasteiger partial charge in [0, 0.05) is 0 Å². The molecule has 1 fully saturated rings. The zero-order valence-electron chi connectivity index (χ0n) is 6.42. The first-order chi connectivity index (χ1) is 4.50. The van der Waals surface area contributed by atoms with Crippen LogP contribution in [-0.2, 0) is 0 Å². The van der Waals surface area contributed by atoms with Crippen LogP contribution in [0.5, 0.6) is 0 Å². The van der Waals surface area contributed by atoms with Crippen molar-refractivity contribution in [1.29, 1.82) is 0 Å². The van der Waals surface area contributed by atoms with E-state index in [0.29, 0.717) is 0 Å². The van der Waals surface area contributed by atoms with E-state index in [-0.39, 0.29) is 6.15 Å². The van der Waals surface area contributed by atoms with Gasteiger partial charge in [0.15, 0.2) is 0 Å². The standard InChI is InChI=1S/C4H9N.BF4.H3N/c1-2-4-5-3-1;2-1(3,4)5;/h5H,1-4H2;;1H3/q;-1;/p+1. The van der Waals surface area contributed by atoms with Crippen LogP contribution in [0.1, 0.15) is 12.8 Å². The molecule has 0 amide bonds. The topological polar surface area (TPSA) is 48.5 Å². The lowest BCUT2D eigenvalue weighted by molar-refractivity contribution is 0.368. The average Bonchev–Trinajstić information content (AvgIpc) is 2.07. The van der Waals surface area contributed by atoms with Gasteiger partial charge in [-0.05, 0) is 25.9 Å². The fourth-order valence-corrected chi connectivity index (χ4v) is 0.625. The molecule has 0 aromatic rings. The van der Waals surface area contributed by atoms with Crippen molar-refractivity contribution in [3.05, 3.63) is 0 Å². The molecule has 0 aromatic carbocycles. The van der Waals surface area contributed by atoms with E-state index in [1.54, 1.807) is 0 Å². The monoisotopic (exact) mass is 176 g/mol. The minimum Gasteiger partial charge on any atom is -0.418 e. The summed E-state index contributed by atoms with van der Waals surface area (Å²) < 4.78 is 39.0. The summed E-state index contributed by atoms with van der Waals surface area (Å²) in [5.41, 5.74) is 0. The van der Waals surface area contributed by atoms with Crippen molar-refractivity contribution in [2.45, 2.75) is 12.8 Å². The van der Waals surface area contributed by atoms with Crippen LogP contribution in [0, 0.1) is 0 Å². The highest BCUT2D eigenvalue weighted by atomic mass is 19.5. The molecule has 0 unspecified atom stereocenters. The molecule has 0 saturated carbocycles. The van der Waals surface area contributed by atoms with Gasteiger partial charge in [-0.3, -0.25) is 0 Å². The fourth-order valence-electron chi connectivity index (χ4n) is 0.625. The first kappa shape index (κ1) is 13.3. The van der Waals surface area contributed by atoms with Crippen molar-refractivity contribution in [3.63, 3.8) is 0 Å². The Morgan fingerprint density at radius 3 is 1.27 bits per heavy atom. The van der Waals surface area contributed by atoms with Gasteiger partial charge in [0.05, 0.1) is 0 Å². The van der Waals surface area contributed by atoms with Crippen LogP contribution in [0.4, 0.5) is 17.3 Å². The number of rotatable bonds is 0. The summed E-state index contributed by atoms with van der Waals surface area (Å²) in [5.74, 6) is 0. The van der Waals surface area contributed by atoms with Gasteiger partial charge < -0.3 is 28.7 Å². The Balaban J connectivity index is 0. The number of quaternary nitrogens is 1. The van der Waals surface area contributed by atoms with Crippen molar-refractivity contribution in [3.8, 4) is 0 Å². The zero-order valence-corrected chi connectivity index (χ0v) is 6.42.